The molecule has 1 atom stereocenters. The normalized spacial score (nSPS) is 15.7. The minimum Gasteiger partial charge on any atom is -0.384 e. The first kappa shape index (κ1) is 9.71. The summed E-state index contributed by atoms with van der Waals surface area (Å²) in [5.74, 6) is 0. The number of hydrogen-bond donors (Lipinski definition) is 2. The number of halogens is 1. The Bertz CT molecular complexity index is 273. The lowest BCUT2D eigenvalue weighted by atomic mass is 9.97. The molecule has 1 rings (SSSR count). The van der Waals surface area contributed by atoms with Gasteiger partial charge in [0.15, 0.2) is 0 Å². The van der Waals surface area contributed by atoms with Gasteiger partial charge in [0.05, 0.1) is 0 Å². The van der Waals surface area contributed by atoms with Gasteiger partial charge in [0.1, 0.15) is 5.60 Å². The molecule has 66 valence electrons. The average Bonchev–Trinajstić information content (AvgIpc) is 2.05. The van der Waals surface area contributed by atoms with Crippen molar-refractivity contribution in [1.82, 2.24) is 0 Å². The number of rotatable bonds is 2. The SMILES string of the molecule is C[C@@](O)(CN)c1ccccc1Br. The van der Waals surface area contributed by atoms with Crippen molar-refractivity contribution in [3.05, 3.63) is 34.3 Å². The van der Waals surface area contributed by atoms with E-state index in [0.29, 0.717) is 0 Å². The van der Waals surface area contributed by atoms with E-state index in [0.717, 1.165) is 10.0 Å². The molecular weight excluding hydrogens is 218 g/mol. The Balaban J connectivity index is 3.10. The molecule has 0 fully saturated rings. The zero-order chi connectivity index (χ0) is 9.19. The molecule has 0 spiro atoms. The van der Waals surface area contributed by atoms with Crippen LogP contribution in [0.5, 0.6) is 0 Å². The van der Waals surface area contributed by atoms with Crippen LogP contribution < -0.4 is 5.73 Å². The van der Waals surface area contributed by atoms with Gasteiger partial charge in [-0.05, 0) is 18.6 Å². The van der Waals surface area contributed by atoms with Crippen molar-refractivity contribution in [1.29, 1.82) is 0 Å². The summed E-state index contributed by atoms with van der Waals surface area (Å²) in [5.41, 5.74) is 5.32. The molecule has 3 heteroatoms. The lowest BCUT2D eigenvalue weighted by Gasteiger charge is -2.22. The van der Waals surface area contributed by atoms with Crippen LogP contribution in [0.4, 0.5) is 0 Å². The molecule has 0 amide bonds. The topological polar surface area (TPSA) is 46.2 Å². The van der Waals surface area contributed by atoms with Gasteiger partial charge in [0.25, 0.3) is 0 Å². The first-order valence-electron chi connectivity index (χ1n) is 3.75. The molecule has 1 aromatic rings. The van der Waals surface area contributed by atoms with E-state index >= 15 is 0 Å². The van der Waals surface area contributed by atoms with Crippen LogP contribution in [0.1, 0.15) is 12.5 Å². The summed E-state index contributed by atoms with van der Waals surface area (Å²) in [7, 11) is 0. The second kappa shape index (κ2) is 3.56. The standard InChI is InChI=1S/C9H12BrNO/c1-9(12,6-11)7-4-2-3-5-8(7)10/h2-5,12H,6,11H2,1H3/t9-/m1/s1. The van der Waals surface area contributed by atoms with Gasteiger partial charge in [-0.2, -0.15) is 0 Å². The van der Waals surface area contributed by atoms with Crippen molar-refractivity contribution in [3.8, 4) is 0 Å². The maximum atomic E-state index is 9.82. The summed E-state index contributed by atoms with van der Waals surface area (Å²) in [6.45, 7) is 1.92. The second-order valence-corrected chi connectivity index (χ2v) is 3.81. The summed E-state index contributed by atoms with van der Waals surface area (Å²) < 4.78 is 0.889. The van der Waals surface area contributed by atoms with Crippen LogP contribution in [0, 0.1) is 0 Å². The second-order valence-electron chi connectivity index (χ2n) is 2.96. The van der Waals surface area contributed by atoms with Crippen LogP contribution in [0.25, 0.3) is 0 Å². The van der Waals surface area contributed by atoms with Crippen LogP contribution >= 0.6 is 15.9 Å². The van der Waals surface area contributed by atoms with Gasteiger partial charge in [-0.15, -0.1) is 0 Å². The minimum absolute atomic E-state index is 0.218. The van der Waals surface area contributed by atoms with Crippen molar-refractivity contribution in [2.24, 2.45) is 5.73 Å². The lowest BCUT2D eigenvalue weighted by molar-refractivity contribution is 0.0661. The summed E-state index contributed by atoms with van der Waals surface area (Å²) in [5, 5.41) is 9.82. The molecule has 0 aliphatic carbocycles. The fourth-order valence-electron chi connectivity index (χ4n) is 1.01. The third-order valence-electron chi connectivity index (χ3n) is 1.85. The fraction of sp³-hybridized carbons (Fsp3) is 0.333. The summed E-state index contributed by atoms with van der Waals surface area (Å²) in [4.78, 5) is 0. The number of hydrogen-bond acceptors (Lipinski definition) is 2. The Hall–Kier alpha value is -0.380. The molecule has 0 aliphatic rings. The van der Waals surface area contributed by atoms with E-state index in [9.17, 15) is 5.11 Å². The van der Waals surface area contributed by atoms with Crippen molar-refractivity contribution in [2.75, 3.05) is 6.54 Å². The van der Waals surface area contributed by atoms with Crippen LogP contribution in [0.15, 0.2) is 28.7 Å². The molecule has 1 aromatic carbocycles. The Kier molecular flexibility index (Phi) is 2.88. The predicted octanol–water partition coefficient (Wildman–Crippen LogP) is 1.62. The van der Waals surface area contributed by atoms with Gasteiger partial charge >= 0.3 is 0 Å². The van der Waals surface area contributed by atoms with Crippen molar-refractivity contribution >= 4 is 15.9 Å². The zero-order valence-electron chi connectivity index (χ0n) is 6.92. The number of benzene rings is 1. The van der Waals surface area contributed by atoms with Crippen molar-refractivity contribution in [3.63, 3.8) is 0 Å². The minimum atomic E-state index is -0.944. The smallest absolute Gasteiger partial charge is 0.100 e. The average molecular weight is 230 g/mol. The van der Waals surface area contributed by atoms with Gasteiger partial charge < -0.3 is 10.8 Å². The molecule has 0 unspecified atom stereocenters. The van der Waals surface area contributed by atoms with Gasteiger partial charge in [-0.25, -0.2) is 0 Å². The van der Waals surface area contributed by atoms with E-state index < -0.39 is 5.60 Å². The first-order valence-corrected chi connectivity index (χ1v) is 4.54. The monoisotopic (exact) mass is 229 g/mol. The maximum absolute atomic E-state index is 9.82. The van der Waals surface area contributed by atoms with Gasteiger partial charge in [-0.1, -0.05) is 34.1 Å². The summed E-state index contributed by atoms with van der Waals surface area (Å²) in [6, 6.07) is 7.53. The maximum Gasteiger partial charge on any atom is 0.100 e. The van der Waals surface area contributed by atoms with Crippen molar-refractivity contribution in [2.45, 2.75) is 12.5 Å². The molecule has 0 aliphatic heterocycles. The largest absolute Gasteiger partial charge is 0.384 e. The molecule has 0 saturated heterocycles. The first-order chi connectivity index (χ1) is 5.58. The lowest BCUT2D eigenvalue weighted by Crippen LogP contribution is -2.31. The molecule has 0 aromatic heterocycles. The van der Waals surface area contributed by atoms with Crippen LogP contribution in [-0.2, 0) is 5.60 Å². The highest BCUT2D eigenvalue weighted by atomic mass is 79.9. The van der Waals surface area contributed by atoms with E-state index in [-0.39, 0.29) is 6.54 Å². The molecule has 0 heterocycles. The van der Waals surface area contributed by atoms with E-state index in [1.54, 1.807) is 6.92 Å². The van der Waals surface area contributed by atoms with E-state index in [1.165, 1.54) is 0 Å². The quantitative estimate of drug-likeness (QED) is 0.810. The van der Waals surface area contributed by atoms with Crippen LogP contribution in [0.2, 0.25) is 0 Å². The number of nitrogens with two attached hydrogens (primary N) is 1. The van der Waals surface area contributed by atoms with E-state index in [4.69, 9.17) is 5.73 Å². The molecule has 0 bridgehead atoms. The van der Waals surface area contributed by atoms with Crippen LogP contribution in [-0.4, -0.2) is 11.7 Å². The Morgan fingerprint density at radius 1 is 1.50 bits per heavy atom. The van der Waals surface area contributed by atoms with Gasteiger partial charge in [-0.3, -0.25) is 0 Å². The predicted molar refractivity (Wildman–Crippen MR) is 52.8 cm³/mol. The Morgan fingerprint density at radius 3 is 2.58 bits per heavy atom. The summed E-state index contributed by atoms with van der Waals surface area (Å²) in [6.07, 6.45) is 0. The Morgan fingerprint density at radius 2 is 2.08 bits per heavy atom. The van der Waals surface area contributed by atoms with Gasteiger partial charge in [0, 0.05) is 11.0 Å². The third kappa shape index (κ3) is 1.86. The third-order valence-corrected chi connectivity index (χ3v) is 2.54. The molecular formula is C9H12BrNO. The molecule has 2 nitrogen and oxygen atoms in total. The van der Waals surface area contributed by atoms with Crippen molar-refractivity contribution < 1.29 is 5.11 Å². The van der Waals surface area contributed by atoms with Gasteiger partial charge in [0.2, 0.25) is 0 Å². The Labute approximate surface area is 80.5 Å². The summed E-state index contributed by atoms with van der Waals surface area (Å²) >= 11 is 3.36. The van der Waals surface area contributed by atoms with E-state index in [1.807, 2.05) is 24.3 Å². The van der Waals surface area contributed by atoms with Crippen LogP contribution in [0.3, 0.4) is 0 Å². The number of aliphatic hydroxyl groups is 1. The molecule has 3 N–H and O–H groups in total. The highest BCUT2D eigenvalue weighted by Crippen LogP contribution is 2.26. The molecule has 12 heavy (non-hydrogen) atoms. The zero-order valence-corrected chi connectivity index (χ0v) is 8.51. The highest BCUT2D eigenvalue weighted by molar-refractivity contribution is 9.10. The molecule has 0 saturated carbocycles. The highest BCUT2D eigenvalue weighted by Gasteiger charge is 2.22. The van der Waals surface area contributed by atoms with E-state index in [2.05, 4.69) is 15.9 Å². The molecule has 0 radical (unpaired) electrons. The fourth-order valence-corrected chi connectivity index (χ4v) is 1.72.